The second kappa shape index (κ2) is 16.4. The number of likely N-dealkylation sites (N-methyl/N-ethyl adjacent to an activating group) is 6. The Balaban J connectivity index is 1.42. The monoisotopic (exact) mass is 666 g/mol. The zero-order chi connectivity index (χ0) is 35.7. The number of aliphatic carboxylic acids is 1. The Bertz CT molecular complexity index is 1520. The second-order valence-corrected chi connectivity index (χ2v) is 11.8. The van der Waals surface area contributed by atoms with Gasteiger partial charge in [-0.2, -0.15) is 0 Å². The molecular weight excluding hydrogens is 624 g/mol. The lowest BCUT2D eigenvalue weighted by Crippen LogP contribution is -2.48. The molecule has 0 saturated carbocycles. The number of carboxylic acid groups (broad SMARTS) is 1. The van der Waals surface area contributed by atoms with Crippen molar-refractivity contribution >= 4 is 41.6 Å². The van der Waals surface area contributed by atoms with Gasteiger partial charge in [-0.25, -0.2) is 4.79 Å². The summed E-state index contributed by atoms with van der Waals surface area (Å²) in [5.41, 5.74) is 4.31. The summed E-state index contributed by atoms with van der Waals surface area (Å²) in [5.74, 6) is -4.12. The van der Waals surface area contributed by atoms with E-state index in [1.54, 1.807) is 0 Å². The summed E-state index contributed by atoms with van der Waals surface area (Å²) in [4.78, 5) is 93.0. The molecule has 1 N–H and O–H groups in total. The lowest BCUT2D eigenvalue weighted by atomic mass is 9.98. The number of carbonyl (C=O) groups excluding carboxylic acids is 6. The Labute approximate surface area is 279 Å². The van der Waals surface area contributed by atoms with Crippen LogP contribution in [0.15, 0.2) is 48.5 Å². The number of ether oxygens (including phenoxy) is 1. The molecule has 258 valence electrons. The van der Waals surface area contributed by atoms with Gasteiger partial charge in [0, 0.05) is 48.2 Å². The smallest absolute Gasteiger partial charge is 0.409 e. The molecule has 0 heterocycles. The minimum absolute atomic E-state index is 0.0944. The van der Waals surface area contributed by atoms with Gasteiger partial charge in [0.25, 0.3) is 0 Å². The van der Waals surface area contributed by atoms with E-state index < -0.39 is 48.1 Å². The number of rotatable bonds is 14. The molecule has 0 unspecified atom stereocenters. The first-order valence-electron chi connectivity index (χ1n) is 15.1. The van der Waals surface area contributed by atoms with Crippen molar-refractivity contribution in [3.05, 3.63) is 59.7 Å². The Kier molecular flexibility index (Phi) is 12.6. The van der Waals surface area contributed by atoms with E-state index in [-0.39, 0.29) is 45.2 Å². The van der Waals surface area contributed by atoms with Crippen molar-refractivity contribution < 1.29 is 43.4 Å². The van der Waals surface area contributed by atoms with Gasteiger partial charge in [0.15, 0.2) is 0 Å². The fraction of sp³-hybridized carbons (Fsp3) is 0.424. The number of carbonyl (C=O) groups is 7. The Morgan fingerprint density at radius 1 is 0.521 bits per heavy atom. The molecule has 2 aromatic rings. The molecule has 0 radical (unpaired) electrons. The van der Waals surface area contributed by atoms with Gasteiger partial charge >= 0.3 is 12.1 Å². The quantitative estimate of drug-likeness (QED) is 0.297. The number of amides is 6. The Morgan fingerprint density at radius 2 is 0.833 bits per heavy atom. The van der Waals surface area contributed by atoms with E-state index in [0.29, 0.717) is 0 Å². The van der Waals surface area contributed by atoms with Crippen molar-refractivity contribution in [3.8, 4) is 11.1 Å². The largest absolute Gasteiger partial charge is 0.480 e. The molecule has 2 aromatic carbocycles. The highest BCUT2D eigenvalue weighted by molar-refractivity contribution is 5.92. The highest BCUT2D eigenvalue weighted by Crippen LogP contribution is 2.44. The third kappa shape index (κ3) is 9.53. The molecule has 0 aliphatic heterocycles. The summed E-state index contributed by atoms with van der Waals surface area (Å²) < 4.78 is 5.58. The molecule has 0 saturated heterocycles. The van der Waals surface area contributed by atoms with Crippen molar-refractivity contribution in [1.29, 1.82) is 0 Å². The molecule has 1 aliphatic rings. The molecule has 0 atom stereocenters. The fourth-order valence-electron chi connectivity index (χ4n) is 5.03. The van der Waals surface area contributed by atoms with E-state index in [4.69, 9.17) is 9.84 Å². The van der Waals surface area contributed by atoms with Gasteiger partial charge in [0.2, 0.25) is 29.5 Å². The SMILES string of the molecule is CN(CC(=O)O)C(=O)CN(C)C(=O)CN(C)C(=O)CN(C)C(=O)CN(C)C(=O)CN(C)C(=O)OCC1c2ccccc2-c2ccccc21. The summed E-state index contributed by atoms with van der Waals surface area (Å²) >= 11 is 0. The van der Waals surface area contributed by atoms with Crippen molar-refractivity contribution in [2.45, 2.75) is 5.92 Å². The van der Waals surface area contributed by atoms with Crippen LogP contribution in [0, 0.1) is 0 Å². The maximum absolute atomic E-state index is 12.8. The van der Waals surface area contributed by atoms with E-state index in [1.807, 2.05) is 48.5 Å². The number of carboxylic acids is 1. The van der Waals surface area contributed by atoms with Crippen LogP contribution < -0.4 is 0 Å². The lowest BCUT2D eigenvalue weighted by molar-refractivity contribution is -0.146. The Morgan fingerprint density at radius 3 is 1.19 bits per heavy atom. The van der Waals surface area contributed by atoms with Crippen molar-refractivity contribution in [2.24, 2.45) is 0 Å². The molecule has 0 fully saturated rings. The van der Waals surface area contributed by atoms with E-state index >= 15 is 0 Å². The molecule has 15 nitrogen and oxygen atoms in total. The third-order valence-corrected chi connectivity index (χ3v) is 8.01. The predicted molar refractivity (Wildman–Crippen MR) is 174 cm³/mol. The average molecular weight is 667 g/mol. The van der Waals surface area contributed by atoms with Crippen LogP contribution in [-0.4, -0.2) is 164 Å². The van der Waals surface area contributed by atoms with Crippen molar-refractivity contribution in [2.75, 3.05) is 88.2 Å². The zero-order valence-corrected chi connectivity index (χ0v) is 28.0. The number of hydrogen-bond acceptors (Lipinski definition) is 8. The minimum Gasteiger partial charge on any atom is -0.480 e. The van der Waals surface area contributed by atoms with Gasteiger partial charge in [0.05, 0.1) is 26.2 Å². The minimum atomic E-state index is -1.19. The van der Waals surface area contributed by atoms with Crippen LogP contribution in [0.1, 0.15) is 17.0 Å². The van der Waals surface area contributed by atoms with Gasteiger partial charge in [-0.15, -0.1) is 0 Å². The first-order valence-corrected chi connectivity index (χ1v) is 15.1. The summed E-state index contributed by atoms with van der Waals surface area (Å²) in [7, 11) is 8.21. The van der Waals surface area contributed by atoms with Gasteiger partial charge < -0.3 is 39.2 Å². The zero-order valence-electron chi connectivity index (χ0n) is 28.0. The molecule has 0 aromatic heterocycles. The highest BCUT2D eigenvalue weighted by atomic mass is 16.6. The topological polar surface area (TPSA) is 168 Å². The van der Waals surface area contributed by atoms with Gasteiger partial charge in [-0.1, -0.05) is 48.5 Å². The van der Waals surface area contributed by atoms with E-state index in [1.165, 1.54) is 42.3 Å². The molecule has 6 amide bonds. The summed E-state index contributed by atoms with van der Waals surface area (Å²) in [6.07, 6.45) is -0.687. The maximum atomic E-state index is 12.8. The first kappa shape index (κ1) is 37.0. The molecule has 3 rings (SSSR count). The summed E-state index contributed by atoms with van der Waals surface area (Å²) in [6.45, 7) is -2.26. The summed E-state index contributed by atoms with van der Waals surface area (Å²) in [6, 6.07) is 15.9. The van der Waals surface area contributed by atoms with E-state index in [2.05, 4.69) is 0 Å². The molecule has 15 heteroatoms. The molecule has 0 bridgehead atoms. The lowest BCUT2D eigenvalue weighted by Gasteiger charge is -2.26. The van der Waals surface area contributed by atoms with Gasteiger partial charge in [0.1, 0.15) is 19.7 Å². The summed E-state index contributed by atoms with van der Waals surface area (Å²) in [5, 5.41) is 8.81. The standard InChI is InChI=1S/C33H42N6O9/c1-34(16-28(41)36(3)18-30(43)38(5)20-32(45)46)27(40)15-35(2)29(42)17-37(4)31(44)19-39(6)33(47)48-21-26-24-13-9-7-11-22(24)23-12-8-10-14-25(23)26/h7-14,26H,15-21H2,1-6H3,(H,45,46). The average Bonchev–Trinajstić information content (AvgIpc) is 3.36. The normalized spacial score (nSPS) is 11.5. The van der Waals surface area contributed by atoms with Crippen LogP contribution in [0.25, 0.3) is 11.1 Å². The van der Waals surface area contributed by atoms with E-state index in [0.717, 1.165) is 51.7 Å². The number of nitrogens with zero attached hydrogens (tertiary/aromatic N) is 6. The third-order valence-electron chi connectivity index (χ3n) is 8.01. The van der Waals surface area contributed by atoms with Crippen LogP contribution in [-0.2, 0) is 33.5 Å². The second-order valence-electron chi connectivity index (χ2n) is 11.8. The molecule has 1 aliphatic carbocycles. The van der Waals surface area contributed by atoms with Gasteiger partial charge in [-0.3, -0.25) is 28.8 Å². The number of fused-ring (bicyclic) bond motifs is 3. The molecule has 0 spiro atoms. The maximum Gasteiger partial charge on any atom is 0.409 e. The highest BCUT2D eigenvalue weighted by Gasteiger charge is 2.30. The van der Waals surface area contributed by atoms with Crippen LogP contribution in [0.4, 0.5) is 4.79 Å². The van der Waals surface area contributed by atoms with Crippen molar-refractivity contribution in [1.82, 2.24) is 29.4 Å². The Hall–Kier alpha value is -5.47. The van der Waals surface area contributed by atoms with Gasteiger partial charge in [-0.05, 0) is 22.3 Å². The predicted octanol–water partition coefficient (Wildman–Crippen LogP) is 0.244. The molecular formula is C33H42N6O9. The number of benzene rings is 2. The van der Waals surface area contributed by atoms with Crippen LogP contribution in [0.3, 0.4) is 0 Å². The van der Waals surface area contributed by atoms with Crippen LogP contribution in [0.2, 0.25) is 0 Å². The number of hydrogen-bond donors (Lipinski definition) is 1. The fourth-order valence-corrected chi connectivity index (χ4v) is 5.03. The molecule has 48 heavy (non-hydrogen) atoms. The van der Waals surface area contributed by atoms with Crippen LogP contribution >= 0.6 is 0 Å². The van der Waals surface area contributed by atoms with Crippen LogP contribution in [0.5, 0.6) is 0 Å². The first-order chi connectivity index (χ1) is 22.6. The van der Waals surface area contributed by atoms with Crippen molar-refractivity contribution in [3.63, 3.8) is 0 Å². The van der Waals surface area contributed by atoms with E-state index in [9.17, 15) is 33.6 Å².